The monoisotopic (exact) mass is 281 g/mol. The third kappa shape index (κ3) is 4.16. The van der Waals surface area contributed by atoms with Crippen LogP contribution in [-0.4, -0.2) is 26.2 Å². The van der Waals surface area contributed by atoms with Gasteiger partial charge in [0.2, 0.25) is 10.0 Å². The van der Waals surface area contributed by atoms with Gasteiger partial charge in [-0.3, -0.25) is 0 Å². The molecule has 0 heterocycles. The van der Waals surface area contributed by atoms with E-state index in [9.17, 15) is 13.5 Å². The maximum absolute atomic E-state index is 11.9. The highest BCUT2D eigenvalue weighted by molar-refractivity contribution is 7.92. The first kappa shape index (κ1) is 14.2. The van der Waals surface area contributed by atoms with Crippen molar-refractivity contribution in [2.24, 2.45) is 5.92 Å². The van der Waals surface area contributed by atoms with E-state index in [-0.39, 0.29) is 18.6 Å². The molecule has 0 aliphatic heterocycles. The zero-order valence-electron chi connectivity index (χ0n) is 10.7. The van der Waals surface area contributed by atoms with Crippen molar-refractivity contribution >= 4 is 16.1 Å². The van der Waals surface area contributed by atoms with Crippen LogP contribution in [0.2, 0.25) is 0 Å². The number of hydrogen-bond donors (Lipinski definition) is 2. The maximum Gasteiger partial charge on any atom is 0.233 e. The van der Waals surface area contributed by atoms with Crippen molar-refractivity contribution in [3.8, 4) is 0 Å². The molecule has 0 saturated heterocycles. The molecule has 5 heteroatoms. The molecule has 1 saturated carbocycles. The standard InChI is InChI=1S/C14H19NO3S/c16-11-13-7-4-8-14(13)15-19(17,18)10-9-12-5-2-1-3-6-12/h1-3,5-6,9-10,13-16H,4,7-8,11H2/b10-9+. The average Bonchev–Trinajstić information content (AvgIpc) is 2.84. The zero-order chi connectivity index (χ0) is 13.7. The molecule has 4 nitrogen and oxygen atoms in total. The topological polar surface area (TPSA) is 66.4 Å². The maximum atomic E-state index is 11.9. The molecule has 19 heavy (non-hydrogen) atoms. The highest BCUT2D eigenvalue weighted by Crippen LogP contribution is 2.25. The lowest BCUT2D eigenvalue weighted by molar-refractivity contribution is 0.213. The Morgan fingerprint density at radius 2 is 2.00 bits per heavy atom. The van der Waals surface area contributed by atoms with Gasteiger partial charge in [0.05, 0.1) is 0 Å². The first-order chi connectivity index (χ1) is 9.11. The van der Waals surface area contributed by atoms with E-state index in [2.05, 4.69) is 4.72 Å². The number of nitrogens with one attached hydrogen (secondary N) is 1. The van der Waals surface area contributed by atoms with Crippen molar-refractivity contribution in [1.29, 1.82) is 0 Å². The molecule has 104 valence electrons. The largest absolute Gasteiger partial charge is 0.396 e. The van der Waals surface area contributed by atoms with Crippen molar-refractivity contribution in [2.75, 3.05) is 6.61 Å². The van der Waals surface area contributed by atoms with E-state index in [0.717, 1.165) is 24.8 Å². The molecule has 2 unspecified atom stereocenters. The van der Waals surface area contributed by atoms with Crippen LogP contribution in [-0.2, 0) is 10.0 Å². The summed E-state index contributed by atoms with van der Waals surface area (Å²) >= 11 is 0. The second-order valence-corrected chi connectivity index (χ2v) is 6.45. The summed E-state index contributed by atoms with van der Waals surface area (Å²) in [6, 6.07) is 9.15. The fourth-order valence-electron chi connectivity index (χ4n) is 2.39. The molecule has 1 aliphatic rings. The Morgan fingerprint density at radius 1 is 1.26 bits per heavy atom. The Bertz CT molecular complexity index is 525. The quantitative estimate of drug-likeness (QED) is 0.864. The molecular weight excluding hydrogens is 262 g/mol. The lowest BCUT2D eigenvalue weighted by Crippen LogP contribution is -2.37. The Hall–Kier alpha value is -1.17. The Kier molecular flexibility index (Phi) is 4.74. The molecule has 2 rings (SSSR count). The third-order valence-electron chi connectivity index (χ3n) is 3.45. The summed E-state index contributed by atoms with van der Waals surface area (Å²) in [6.45, 7) is 0.0373. The van der Waals surface area contributed by atoms with E-state index >= 15 is 0 Å². The first-order valence-electron chi connectivity index (χ1n) is 6.47. The van der Waals surface area contributed by atoms with E-state index in [1.807, 2.05) is 30.3 Å². The predicted molar refractivity (Wildman–Crippen MR) is 75.7 cm³/mol. The van der Waals surface area contributed by atoms with Gasteiger partial charge in [0.1, 0.15) is 0 Å². The minimum absolute atomic E-state index is 0.0373. The van der Waals surface area contributed by atoms with E-state index in [4.69, 9.17) is 0 Å². The van der Waals surface area contributed by atoms with Gasteiger partial charge in [-0.15, -0.1) is 0 Å². The van der Waals surface area contributed by atoms with Gasteiger partial charge < -0.3 is 5.11 Å². The highest BCUT2D eigenvalue weighted by Gasteiger charge is 2.29. The van der Waals surface area contributed by atoms with E-state index < -0.39 is 10.0 Å². The van der Waals surface area contributed by atoms with Gasteiger partial charge in [-0.2, -0.15) is 0 Å². The second-order valence-electron chi connectivity index (χ2n) is 4.86. The SMILES string of the molecule is O=S(=O)(/C=C/c1ccccc1)NC1CCCC1CO. The molecular formula is C14H19NO3S. The van der Waals surface area contributed by atoms with Gasteiger partial charge >= 0.3 is 0 Å². The number of rotatable bonds is 5. The number of hydrogen-bond acceptors (Lipinski definition) is 3. The molecule has 0 radical (unpaired) electrons. The molecule has 2 N–H and O–H groups in total. The van der Waals surface area contributed by atoms with Crippen LogP contribution in [0.1, 0.15) is 24.8 Å². The van der Waals surface area contributed by atoms with Gasteiger partial charge in [-0.05, 0) is 30.4 Å². The van der Waals surface area contributed by atoms with Crippen molar-refractivity contribution in [3.63, 3.8) is 0 Å². The fraction of sp³-hybridized carbons (Fsp3) is 0.429. The Labute approximate surface area is 114 Å². The molecule has 0 amide bonds. The number of sulfonamides is 1. The summed E-state index contributed by atoms with van der Waals surface area (Å²) in [5.74, 6) is 0.0416. The fourth-order valence-corrected chi connectivity index (χ4v) is 3.54. The van der Waals surface area contributed by atoms with Crippen LogP contribution in [0.5, 0.6) is 0 Å². The second kappa shape index (κ2) is 6.32. The molecule has 1 aromatic carbocycles. The van der Waals surface area contributed by atoms with Crippen molar-refractivity contribution in [3.05, 3.63) is 41.3 Å². The van der Waals surface area contributed by atoms with Crippen molar-refractivity contribution in [2.45, 2.75) is 25.3 Å². The van der Waals surface area contributed by atoms with Gasteiger partial charge in [0.25, 0.3) is 0 Å². The summed E-state index contributed by atoms with van der Waals surface area (Å²) in [6.07, 6.45) is 4.21. The van der Waals surface area contributed by atoms with Crippen LogP contribution in [0.4, 0.5) is 0 Å². The lowest BCUT2D eigenvalue weighted by atomic mass is 10.1. The van der Waals surface area contributed by atoms with Crippen molar-refractivity contribution in [1.82, 2.24) is 4.72 Å². The van der Waals surface area contributed by atoms with Crippen LogP contribution in [0.25, 0.3) is 6.08 Å². The summed E-state index contributed by atoms with van der Waals surface area (Å²) in [4.78, 5) is 0. The van der Waals surface area contributed by atoms with Gasteiger partial charge in [0.15, 0.2) is 0 Å². The van der Waals surface area contributed by atoms with Crippen LogP contribution in [0.15, 0.2) is 35.7 Å². The van der Waals surface area contributed by atoms with Crippen molar-refractivity contribution < 1.29 is 13.5 Å². The summed E-state index contributed by atoms with van der Waals surface area (Å²) in [7, 11) is -3.45. The van der Waals surface area contributed by atoms with E-state index in [1.54, 1.807) is 6.08 Å². The minimum atomic E-state index is -3.45. The first-order valence-corrected chi connectivity index (χ1v) is 8.02. The van der Waals surface area contributed by atoms with E-state index in [0.29, 0.717) is 0 Å². The minimum Gasteiger partial charge on any atom is -0.396 e. The summed E-state index contributed by atoms with van der Waals surface area (Å²) < 4.78 is 26.5. The number of aliphatic hydroxyl groups excluding tert-OH is 1. The molecule has 0 aromatic heterocycles. The van der Waals surface area contributed by atoms with Gasteiger partial charge in [-0.1, -0.05) is 36.8 Å². The molecule has 0 spiro atoms. The predicted octanol–water partition coefficient (Wildman–Crippen LogP) is 1.74. The Morgan fingerprint density at radius 3 is 2.68 bits per heavy atom. The molecule has 1 aliphatic carbocycles. The molecule has 1 fully saturated rings. The van der Waals surface area contributed by atoms with Crippen LogP contribution in [0, 0.1) is 5.92 Å². The van der Waals surface area contributed by atoms with Crippen LogP contribution < -0.4 is 4.72 Å². The van der Waals surface area contributed by atoms with Gasteiger partial charge in [-0.25, -0.2) is 13.1 Å². The van der Waals surface area contributed by atoms with Crippen LogP contribution in [0.3, 0.4) is 0 Å². The van der Waals surface area contributed by atoms with E-state index in [1.165, 1.54) is 5.41 Å². The van der Waals surface area contributed by atoms with Crippen LogP contribution >= 0.6 is 0 Å². The lowest BCUT2D eigenvalue weighted by Gasteiger charge is -2.17. The highest BCUT2D eigenvalue weighted by atomic mass is 32.2. The van der Waals surface area contributed by atoms with Gasteiger partial charge in [0, 0.05) is 18.1 Å². The molecule has 1 aromatic rings. The summed E-state index contributed by atoms with van der Waals surface area (Å²) in [5.41, 5.74) is 0.845. The average molecular weight is 281 g/mol. The third-order valence-corrected chi connectivity index (χ3v) is 4.57. The number of benzene rings is 1. The zero-order valence-corrected chi connectivity index (χ0v) is 11.5. The number of aliphatic hydroxyl groups is 1. The smallest absolute Gasteiger partial charge is 0.233 e. The summed E-state index contributed by atoms with van der Waals surface area (Å²) in [5, 5.41) is 10.4. The normalized spacial score (nSPS) is 24.1. The Balaban J connectivity index is 2.01. The molecule has 0 bridgehead atoms. The molecule has 2 atom stereocenters.